The normalized spacial score (nSPS) is 14.9. The van der Waals surface area contributed by atoms with Crippen molar-refractivity contribution in [2.75, 3.05) is 63.0 Å². The van der Waals surface area contributed by atoms with Gasteiger partial charge in [-0.3, -0.25) is 19.2 Å². The molecule has 304 valence electrons. The summed E-state index contributed by atoms with van der Waals surface area (Å²) >= 11 is 1.41. The maximum Gasteiger partial charge on any atom is 0.272 e. The van der Waals surface area contributed by atoms with Gasteiger partial charge in [0.1, 0.15) is 5.69 Å². The number of likely N-dealkylation sites (N-methyl/N-ethyl adjacent to an activating group) is 1. The van der Waals surface area contributed by atoms with Gasteiger partial charge >= 0.3 is 0 Å². The highest BCUT2D eigenvalue weighted by Crippen LogP contribution is 2.39. The molecule has 4 heterocycles. The third kappa shape index (κ3) is 8.82. The zero-order valence-electron chi connectivity index (χ0n) is 33.9. The topological polar surface area (TPSA) is 146 Å². The summed E-state index contributed by atoms with van der Waals surface area (Å²) < 4.78 is 14.4. The Labute approximate surface area is 342 Å². The van der Waals surface area contributed by atoms with Crippen molar-refractivity contribution in [2.45, 2.75) is 45.7 Å². The number of carbonyl (C=O) groups excluding carboxylic acids is 4. The molecule has 1 atom stereocenters. The smallest absolute Gasteiger partial charge is 0.272 e. The van der Waals surface area contributed by atoms with Crippen molar-refractivity contribution in [3.8, 4) is 11.5 Å². The van der Waals surface area contributed by atoms with Crippen LogP contribution in [-0.4, -0.2) is 86.6 Å². The molecular weight excluding hydrogens is 755 g/mol. The second-order valence-corrected chi connectivity index (χ2v) is 17.0. The average molecular weight is 806 g/mol. The number of nitrogens with one attached hydrogen (secondary N) is 4. The largest absolute Gasteiger partial charge is 0.493 e. The Hall–Kier alpha value is -5.86. The molecule has 4 N–H and O–H groups in total. The van der Waals surface area contributed by atoms with Crippen LogP contribution in [0.2, 0.25) is 0 Å². The molecule has 0 radical (unpaired) electrons. The van der Waals surface area contributed by atoms with E-state index >= 15 is 0 Å². The van der Waals surface area contributed by atoms with Gasteiger partial charge in [-0.25, -0.2) is 0 Å². The van der Waals surface area contributed by atoms with Crippen molar-refractivity contribution >= 4 is 62.1 Å². The Bertz CT molecular complexity index is 2370. The molecule has 5 aromatic rings. The summed E-state index contributed by atoms with van der Waals surface area (Å²) in [5, 5.41) is 12.9. The molecule has 13 nitrogen and oxygen atoms in total. The van der Waals surface area contributed by atoms with E-state index in [0.29, 0.717) is 65.1 Å². The lowest BCUT2D eigenvalue weighted by Crippen LogP contribution is -2.47. The molecule has 58 heavy (non-hydrogen) atoms. The summed E-state index contributed by atoms with van der Waals surface area (Å²) in [5.74, 6) is 0.260. The minimum absolute atomic E-state index is 0.0291. The molecule has 0 saturated carbocycles. The van der Waals surface area contributed by atoms with Crippen LogP contribution in [0.5, 0.6) is 11.5 Å². The number of methoxy groups -OCH3 is 1. The standard InChI is InChI=1S/C44H51N7O6S/c1-44(2,25-45-3)26-46-42(54)39-18-29-16-30(13-14-38(29)58-39)48-41(53)35-19-31(23-49(35)4)47-40(52)12-9-15-57-37-21-34-33(20-36(37)56-6)43(55)51-22-28-11-8-7-10-27(28)17-32(51)24-50(34)5/h7-8,10-11,13-14,16,18-21,23,32,45H,9,12,15,17,22,24-26H2,1-6H3,(H,46,54)(H,47,52)(H,48,53)/t32-/m0/s1. The van der Waals surface area contributed by atoms with Crippen LogP contribution in [0.1, 0.15) is 68.3 Å². The van der Waals surface area contributed by atoms with Crippen LogP contribution in [0.25, 0.3) is 10.1 Å². The van der Waals surface area contributed by atoms with E-state index in [4.69, 9.17) is 9.47 Å². The van der Waals surface area contributed by atoms with Crippen molar-refractivity contribution < 1.29 is 28.7 Å². The minimum atomic E-state index is -0.334. The van der Waals surface area contributed by atoms with Gasteiger partial charge in [-0.2, -0.15) is 0 Å². The number of rotatable bonds is 14. The maximum atomic E-state index is 13.9. The molecule has 2 aromatic heterocycles. The first-order chi connectivity index (χ1) is 27.8. The van der Waals surface area contributed by atoms with Gasteiger partial charge in [-0.15, -0.1) is 11.3 Å². The van der Waals surface area contributed by atoms with Crippen LogP contribution < -0.4 is 35.6 Å². The molecule has 2 aliphatic rings. The second-order valence-electron chi connectivity index (χ2n) is 15.9. The summed E-state index contributed by atoms with van der Waals surface area (Å²) in [5.41, 5.74) is 5.19. The van der Waals surface area contributed by atoms with Crippen molar-refractivity contribution in [3.63, 3.8) is 0 Å². The number of aromatic nitrogens is 1. The highest BCUT2D eigenvalue weighted by Gasteiger charge is 2.36. The van der Waals surface area contributed by atoms with E-state index in [2.05, 4.69) is 52.1 Å². The molecule has 0 saturated heterocycles. The first-order valence-corrected chi connectivity index (χ1v) is 20.3. The lowest BCUT2D eigenvalue weighted by molar-refractivity contribution is -0.116. The molecule has 0 fully saturated rings. The minimum Gasteiger partial charge on any atom is -0.493 e. The summed E-state index contributed by atoms with van der Waals surface area (Å²) in [6, 6.07) is 21.0. The quantitative estimate of drug-likeness (QED) is 0.0959. The first kappa shape index (κ1) is 40.3. The number of carbonyl (C=O) groups is 4. The lowest BCUT2D eigenvalue weighted by atomic mass is 9.93. The lowest BCUT2D eigenvalue weighted by Gasteiger charge is -2.36. The zero-order chi connectivity index (χ0) is 41.1. The number of anilines is 3. The van der Waals surface area contributed by atoms with Crippen molar-refractivity contribution in [1.82, 2.24) is 20.1 Å². The second kappa shape index (κ2) is 16.9. The van der Waals surface area contributed by atoms with E-state index in [-0.39, 0.29) is 48.1 Å². The Kier molecular flexibility index (Phi) is 11.8. The van der Waals surface area contributed by atoms with Gasteiger partial charge in [-0.1, -0.05) is 38.1 Å². The fourth-order valence-corrected chi connectivity index (χ4v) is 8.70. The molecule has 0 unspecified atom stereocenters. The van der Waals surface area contributed by atoms with Crippen molar-refractivity contribution in [1.29, 1.82) is 0 Å². The average Bonchev–Trinajstić information content (AvgIpc) is 3.78. The third-order valence-electron chi connectivity index (χ3n) is 10.7. The third-order valence-corrected chi connectivity index (χ3v) is 11.8. The van der Waals surface area contributed by atoms with E-state index in [1.165, 1.54) is 22.5 Å². The van der Waals surface area contributed by atoms with Crippen LogP contribution in [0.3, 0.4) is 0 Å². The molecule has 7 rings (SSSR count). The van der Waals surface area contributed by atoms with Gasteiger partial charge in [0.25, 0.3) is 17.7 Å². The number of thiophene rings is 1. The highest BCUT2D eigenvalue weighted by atomic mass is 32.1. The summed E-state index contributed by atoms with van der Waals surface area (Å²) in [6.45, 7) is 7.01. The summed E-state index contributed by atoms with van der Waals surface area (Å²) in [4.78, 5) is 57.7. The van der Waals surface area contributed by atoms with Crippen molar-refractivity contribution in [3.05, 3.63) is 100 Å². The van der Waals surface area contributed by atoms with E-state index in [0.717, 1.165) is 28.7 Å². The number of amides is 4. The van der Waals surface area contributed by atoms with Crippen LogP contribution in [0, 0.1) is 5.41 Å². The molecule has 4 amide bonds. The number of fused-ring (bicyclic) bond motifs is 4. The monoisotopic (exact) mass is 805 g/mol. The SMILES string of the molecule is CNCC(C)(C)CNC(=O)c1cc2cc(NC(=O)c3cc(NC(=O)CCCOc4cc5c(cc4OC)C(=O)N4Cc6ccccc6C[C@H]4CN5C)cn3C)ccc2s1. The van der Waals surface area contributed by atoms with Crippen LogP contribution in [0.4, 0.5) is 17.1 Å². The number of hydrogen-bond donors (Lipinski definition) is 4. The summed E-state index contributed by atoms with van der Waals surface area (Å²) in [7, 11) is 7.18. The number of hydrogen-bond acceptors (Lipinski definition) is 9. The van der Waals surface area contributed by atoms with Gasteiger partial charge in [0, 0.05) is 69.3 Å². The van der Waals surface area contributed by atoms with Gasteiger partial charge in [0.2, 0.25) is 5.91 Å². The first-order valence-electron chi connectivity index (χ1n) is 19.5. The van der Waals surface area contributed by atoms with Crippen molar-refractivity contribution in [2.24, 2.45) is 12.5 Å². The number of aryl methyl sites for hydroxylation is 1. The Balaban J connectivity index is 0.915. The zero-order valence-corrected chi connectivity index (χ0v) is 34.7. The fourth-order valence-electron chi connectivity index (χ4n) is 7.74. The van der Waals surface area contributed by atoms with E-state index in [9.17, 15) is 19.2 Å². The summed E-state index contributed by atoms with van der Waals surface area (Å²) in [6.07, 6.45) is 3.11. The number of ether oxygens (including phenoxy) is 2. The van der Waals surface area contributed by atoms with Gasteiger partial charge in [0.05, 0.1) is 41.6 Å². The maximum absolute atomic E-state index is 13.9. The van der Waals surface area contributed by atoms with Gasteiger partial charge in [0.15, 0.2) is 11.5 Å². The van der Waals surface area contributed by atoms with Crippen LogP contribution >= 0.6 is 11.3 Å². The molecule has 0 bridgehead atoms. The van der Waals surface area contributed by atoms with Gasteiger partial charge in [-0.05, 0) is 78.2 Å². The Morgan fingerprint density at radius 3 is 2.48 bits per heavy atom. The molecular formula is C44H51N7O6S. The molecule has 0 spiro atoms. The van der Waals surface area contributed by atoms with E-state index in [1.54, 1.807) is 37.1 Å². The molecule has 14 heteroatoms. The molecule has 2 aliphatic heterocycles. The van der Waals surface area contributed by atoms with Gasteiger partial charge < -0.3 is 45.1 Å². The fraction of sp³-hybridized carbons (Fsp3) is 0.364. The number of benzene rings is 3. The van der Waals surface area contributed by atoms with Crippen LogP contribution in [-0.2, 0) is 24.8 Å². The highest BCUT2D eigenvalue weighted by molar-refractivity contribution is 7.20. The predicted octanol–water partition coefficient (Wildman–Crippen LogP) is 6.29. The van der Waals surface area contributed by atoms with E-state index in [1.807, 2.05) is 61.5 Å². The molecule has 0 aliphatic carbocycles. The van der Waals surface area contributed by atoms with Crippen LogP contribution in [0.15, 0.2) is 72.9 Å². The Morgan fingerprint density at radius 1 is 0.914 bits per heavy atom. The predicted molar refractivity (Wildman–Crippen MR) is 229 cm³/mol. The number of nitrogens with zero attached hydrogens (tertiary/aromatic N) is 3. The molecule has 3 aromatic carbocycles. The Morgan fingerprint density at radius 2 is 1.71 bits per heavy atom. The van der Waals surface area contributed by atoms with E-state index < -0.39 is 0 Å².